The minimum Gasteiger partial charge on any atom is -0.304 e. The highest BCUT2D eigenvalue weighted by Gasteiger charge is 2.16. The summed E-state index contributed by atoms with van der Waals surface area (Å²) in [4.78, 5) is 37.8. The molecule has 0 radical (unpaired) electrons. The van der Waals surface area contributed by atoms with E-state index < -0.39 is 11.8 Å². The van der Waals surface area contributed by atoms with Gasteiger partial charge in [-0.15, -0.1) is 0 Å². The zero-order valence-electron chi connectivity index (χ0n) is 17.6. The Morgan fingerprint density at radius 1 is 0.559 bits per heavy atom. The fourth-order valence-corrected chi connectivity index (χ4v) is 3.08. The van der Waals surface area contributed by atoms with Crippen LogP contribution < -0.4 is 10.6 Å². The molecule has 0 saturated carbocycles. The SMILES string of the molecule is O=C(Nc1cccc(NC(=O)c2nc(-c3ccccc3)n[nH]2)n1)c1nc(-c2ccccc2)n[nH]1. The molecule has 2 aromatic carbocycles. The second kappa shape index (κ2) is 9.12. The van der Waals surface area contributed by atoms with Crippen molar-refractivity contribution in [3.8, 4) is 22.8 Å². The molecule has 0 aliphatic carbocycles. The average Bonchev–Trinajstić information content (AvgIpc) is 3.56. The van der Waals surface area contributed by atoms with Crippen molar-refractivity contribution in [3.05, 3.63) is 90.5 Å². The molecule has 3 aromatic heterocycles. The van der Waals surface area contributed by atoms with Crippen LogP contribution in [0.2, 0.25) is 0 Å². The zero-order chi connectivity index (χ0) is 23.3. The Morgan fingerprint density at radius 3 is 1.44 bits per heavy atom. The number of pyridine rings is 1. The molecule has 0 aliphatic rings. The highest BCUT2D eigenvalue weighted by atomic mass is 16.2. The first-order chi connectivity index (χ1) is 16.7. The van der Waals surface area contributed by atoms with Crippen molar-refractivity contribution in [2.45, 2.75) is 0 Å². The summed E-state index contributed by atoms with van der Waals surface area (Å²) in [5.74, 6) is 0.284. The Kier molecular flexibility index (Phi) is 5.55. The quantitative estimate of drug-likeness (QED) is 0.309. The smallest absolute Gasteiger partial charge is 0.294 e. The van der Waals surface area contributed by atoms with E-state index in [-0.39, 0.29) is 23.3 Å². The summed E-state index contributed by atoms with van der Waals surface area (Å²) in [7, 11) is 0. The van der Waals surface area contributed by atoms with Crippen LogP contribution in [-0.2, 0) is 0 Å². The Balaban J connectivity index is 1.25. The van der Waals surface area contributed by atoms with E-state index in [0.717, 1.165) is 11.1 Å². The predicted molar refractivity (Wildman–Crippen MR) is 124 cm³/mol. The monoisotopic (exact) mass is 451 g/mol. The summed E-state index contributed by atoms with van der Waals surface area (Å²) in [6.45, 7) is 0. The fourth-order valence-electron chi connectivity index (χ4n) is 3.08. The molecule has 0 spiro atoms. The van der Waals surface area contributed by atoms with E-state index in [9.17, 15) is 9.59 Å². The normalized spacial score (nSPS) is 10.6. The summed E-state index contributed by atoms with van der Waals surface area (Å²) in [6, 6.07) is 23.4. The first-order valence-corrected chi connectivity index (χ1v) is 10.2. The van der Waals surface area contributed by atoms with Crippen molar-refractivity contribution in [3.63, 3.8) is 0 Å². The third kappa shape index (κ3) is 4.53. The zero-order valence-corrected chi connectivity index (χ0v) is 17.6. The maximum atomic E-state index is 12.6. The van der Waals surface area contributed by atoms with E-state index in [0.29, 0.717) is 11.6 Å². The third-order valence-corrected chi connectivity index (χ3v) is 4.70. The summed E-state index contributed by atoms with van der Waals surface area (Å²) in [6.07, 6.45) is 0. The van der Waals surface area contributed by atoms with Gasteiger partial charge in [0, 0.05) is 11.1 Å². The van der Waals surface area contributed by atoms with E-state index in [4.69, 9.17) is 0 Å². The largest absolute Gasteiger partial charge is 0.304 e. The highest BCUT2D eigenvalue weighted by molar-refractivity contribution is 6.02. The van der Waals surface area contributed by atoms with Crippen molar-refractivity contribution in [2.75, 3.05) is 10.6 Å². The van der Waals surface area contributed by atoms with Gasteiger partial charge in [-0.2, -0.15) is 10.2 Å². The minimum atomic E-state index is -0.520. The lowest BCUT2D eigenvalue weighted by Gasteiger charge is -2.06. The Labute approximate surface area is 192 Å². The first kappa shape index (κ1) is 20.7. The van der Waals surface area contributed by atoms with E-state index in [2.05, 4.69) is 46.0 Å². The lowest BCUT2D eigenvalue weighted by atomic mass is 10.2. The maximum Gasteiger partial charge on any atom is 0.294 e. The van der Waals surface area contributed by atoms with Crippen molar-refractivity contribution >= 4 is 23.5 Å². The Morgan fingerprint density at radius 2 is 1.00 bits per heavy atom. The molecule has 0 bridgehead atoms. The number of H-pyrrole nitrogens is 2. The number of hydrogen-bond acceptors (Lipinski definition) is 7. The number of nitrogens with zero attached hydrogens (tertiary/aromatic N) is 5. The molecular weight excluding hydrogens is 434 g/mol. The third-order valence-electron chi connectivity index (χ3n) is 4.70. The molecule has 5 aromatic rings. The number of aromatic amines is 2. The van der Waals surface area contributed by atoms with Gasteiger partial charge in [-0.05, 0) is 12.1 Å². The van der Waals surface area contributed by atoms with Crippen LogP contribution in [0.4, 0.5) is 11.6 Å². The van der Waals surface area contributed by atoms with Crippen molar-refractivity contribution in [1.82, 2.24) is 35.3 Å². The molecule has 34 heavy (non-hydrogen) atoms. The molecular formula is C23H17N9O2. The van der Waals surface area contributed by atoms with Gasteiger partial charge in [0.15, 0.2) is 11.6 Å². The number of nitrogens with one attached hydrogen (secondary N) is 4. The van der Waals surface area contributed by atoms with Gasteiger partial charge in [0.1, 0.15) is 11.6 Å². The second-order valence-electron chi connectivity index (χ2n) is 7.06. The van der Waals surface area contributed by atoms with Gasteiger partial charge in [0.05, 0.1) is 0 Å². The molecule has 3 heterocycles. The number of anilines is 2. The number of carbonyl (C=O) groups excluding carboxylic acids is 2. The van der Waals surface area contributed by atoms with E-state index in [1.807, 2.05) is 60.7 Å². The number of benzene rings is 2. The van der Waals surface area contributed by atoms with Gasteiger partial charge in [0.25, 0.3) is 11.8 Å². The summed E-state index contributed by atoms with van der Waals surface area (Å²) in [5, 5.41) is 18.6. The van der Waals surface area contributed by atoms with Gasteiger partial charge in [-0.25, -0.2) is 15.0 Å². The summed E-state index contributed by atoms with van der Waals surface area (Å²) < 4.78 is 0. The molecule has 4 N–H and O–H groups in total. The van der Waals surface area contributed by atoms with Gasteiger partial charge >= 0.3 is 0 Å². The molecule has 5 rings (SSSR count). The molecule has 166 valence electrons. The number of rotatable bonds is 6. The van der Waals surface area contributed by atoms with Gasteiger partial charge in [-0.3, -0.25) is 19.8 Å². The minimum absolute atomic E-state index is 0.0326. The fraction of sp³-hybridized carbons (Fsp3) is 0. The van der Waals surface area contributed by atoms with Gasteiger partial charge < -0.3 is 10.6 Å². The second-order valence-corrected chi connectivity index (χ2v) is 7.06. The maximum absolute atomic E-state index is 12.6. The van der Waals surface area contributed by atoms with Crippen LogP contribution in [0.25, 0.3) is 22.8 Å². The van der Waals surface area contributed by atoms with Crippen LogP contribution in [0.3, 0.4) is 0 Å². The molecule has 11 heteroatoms. The number of carbonyl (C=O) groups is 2. The van der Waals surface area contributed by atoms with Crippen molar-refractivity contribution in [2.24, 2.45) is 0 Å². The molecule has 0 saturated heterocycles. The summed E-state index contributed by atoms with van der Waals surface area (Å²) in [5.41, 5.74) is 1.56. The predicted octanol–water partition coefficient (Wildman–Crippen LogP) is 3.16. The lowest BCUT2D eigenvalue weighted by Crippen LogP contribution is -2.17. The van der Waals surface area contributed by atoms with Crippen LogP contribution in [0, 0.1) is 0 Å². The molecule has 11 nitrogen and oxygen atoms in total. The first-order valence-electron chi connectivity index (χ1n) is 10.2. The van der Waals surface area contributed by atoms with Gasteiger partial charge in [0.2, 0.25) is 11.6 Å². The van der Waals surface area contributed by atoms with Crippen LogP contribution in [0.5, 0.6) is 0 Å². The number of hydrogen-bond donors (Lipinski definition) is 4. The number of amides is 2. The Hall–Kier alpha value is -5.19. The Bertz CT molecular complexity index is 1340. The summed E-state index contributed by atoms with van der Waals surface area (Å²) >= 11 is 0. The average molecular weight is 451 g/mol. The van der Waals surface area contributed by atoms with E-state index >= 15 is 0 Å². The van der Waals surface area contributed by atoms with Gasteiger partial charge in [-0.1, -0.05) is 66.7 Å². The van der Waals surface area contributed by atoms with Crippen LogP contribution >= 0.6 is 0 Å². The topological polar surface area (TPSA) is 154 Å². The molecule has 2 amide bonds. The van der Waals surface area contributed by atoms with Crippen LogP contribution in [0.15, 0.2) is 78.9 Å². The van der Waals surface area contributed by atoms with E-state index in [1.165, 1.54) is 0 Å². The van der Waals surface area contributed by atoms with Crippen molar-refractivity contribution < 1.29 is 9.59 Å². The molecule has 0 unspecified atom stereocenters. The standard InChI is InChI=1S/C23H17N9O2/c33-22(20-27-18(29-31-20)14-8-3-1-4-9-14)25-16-12-7-13-17(24-16)26-23(34)21-28-19(30-32-21)15-10-5-2-6-11-15/h1-13H,(H,27,29,31)(H,28,30,32)(H2,24,25,26,33,34). The van der Waals surface area contributed by atoms with Crippen molar-refractivity contribution in [1.29, 1.82) is 0 Å². The van der Waals surface area contributed by atoms with Crippen LogP contribution in [0.1, 0.15) is 21.2 Å². The van der Waals surface area contributed by atoms with Crippen LogP contribution in [-0.4, -0.2) is 47.2 Å². The lowest BCUT2D eigenvalue weighted by molar-refractivity contribution is 0.101. The van der Waals surface area contributed by atoms with E-state index in [1.54, 1.807) is 18.2 Å². The molecule has 0 aliphatic heterocycles. The number of aromatic nitrogens is 7. The molecule has 0 atom stereocenters. The molecule has 0 fully saturated rings. The highest BCUT2D eigenvalue weighted by Crippen LogP contribution is 2.16.